The van der Waals surface area contributed by atoms with Gasteiger partial charge in [-0.1, -0.05) is 118 Å². The Balaban J connectivity index is 0. The van der Waals surface area contributed by atoms with Gasteiger partial charge in [0.1, 0.15) is 24.6 Å². The molecule has 0 saturated carbocycles. The van der Waals surface area contributed by atoms with Crippen LogP contribution in [0.2, 0.25) is 0 Å². The van der Waals surface area contributed by atoms with E-state index in [4.69, 9.17) is 45.0 Å². The van der Waals surface area contributed by atoms with Gasteiger partial charge in [0, 0.05) is 162 Å². The van der Waals surface area contributed by atoms with Crippen molar-refractivity contribution < 1.29 is 177 Å². The molecule has 5 rings (SSSR count). The molecule has 0 aliphatic heterocycles. The Morgan fingerprint density at radius 1 is 0.473 bits per heavy atom. The summed E-state index contributed by atoms with van der Waals surface area (Å²) in [5.74, 6) is 0. The minimum absolute atomic E-state index is 0. The van der Waals surface area contributed by atoms with Gasteiger partial charge < -0.3 is 0 Å². The first-order valence-electron chi connectivity index (χ1n) is 14.9. The van der Waals surface area contributed by atoms with Gasteiger partial charge in [0.2, 0.25) is 0 Å². The Bertz CT molecular complexity index is 1830. The van der Waals surface area contributed by atoms with Gasteiger partial charge >= 0.3 is 12.4 Å². The second-order valence-corrected chi connectivity index (χ2v) is 19.6. The van der Waals surface area contributed by atoms with Crippen LogP contribution in [0.3, 0.4) is 0 Å². The van der Waals surface area contributed by atoms with Crippen LogP contribution in [0.1, 0.15) is 39.2 Å². The van der Waals surface area contributed by atoms with E-state index >= 15 is 0 Å². The van der Waals surface area contributed by atoms with E-state index in [1.807, 2.05) is 50.2 Å². The van der Waals surface area contributed by atoms with Gasteiger partial charge in [-0.2, -0.15) is 26.3 Å². The molecule has 0 saturated heterocycles. The molecule has 0 radical (unpaired) electrons. The molecule has 5 aromatic rings. The van der Waals surface area contributed by atoms with Crippen molar-refractivity contribution in [3.8, 4) is 22.3 Å². The molecule has 1 heterocycles. The molecule has 55 heavy (non-hydrogen) atoms. The number of alkyl halides is 6. The van der Waals surface area contributed by atoms with Crippen LogP contribution in [0, 0.1) is 186 Å². The summed E-state index contributed by atoms with van der Waals surface area (Å²) in [6, 6.07) is 25.9. The molecule has 2 atom stereocenters. The van der Waals surface area contributed by atoms with E-state index in [-0.39, 0.29) is 157 Å². The Morgan fingerprint density at radius 2 is 0.745 bits per heavy atom. The molecule has 0 aliphatic carbocycles. The number of aromatic nitrogens is 1. The molecule has 0 bridgehead atoms. The molecule has 0 amide bonds. The first-order chi connectivity index (χ1) is 23.6. The number of halogens is 10. The van der Waals surface area contributed by atoms with Crippen LogP contribution in [-0.2, 0) is 12.4 Å². The number of benzene rings is 4. The molecule has 0 spiro atoms. The monoisotopic (exact) mass is 1020 g/mol. The average molecular weight is 1020 g/mol. The molecular formula is C36H33Ar4Cl4F6NP4. The first-order valence-corrected chi connectivity index (χ1v) is 22.4. The first kappa shape index (κ1) is 60.6. The van der Waals surface area contributed by atoms with Crippen LogP contribution < -0.4 is 21.2 Å². The van der Waals surface area contributed by atoms with Crippen molar-refractivity contribution in [3.63, 3.8) is 0 Å². The fraction of sp³-hybridized carbons (Fsp3) is 0.194. The summed E-state index contributed by atoms with van der Waals surface area (Å²) in [5.41, 5.74) is 6.50. The van der Waals surface area contributed by atoms with Crippen LogP contribution in [0.4, 0.5) is 26.3 Å². The quantitative estimate of drug-likeness (QED) is 0.129. The van der Waals surface area contributed by atoms with Crippen molar-refractivity contribution in [2.24, 2.45) is 0 Å². The van der Waals surface area contributed by atoms with Crippen LogP contribution in [0.5, 0.6) is 0 Å². The van der Waals surface area contributed by atoms with Gasteiger partial charge in [-0.25, -0.2) is 4.98 Å². The van der Waals surface area contributed by atoms with E-state index in [0.29, 0.717) is 12.1 Å². The van der Waals surface area contributed by atoms with Crippen molar-refractivity contribution >= 4 is 97.9 Å². The van der Waals surface area contributed by atoms with Crippen molar-refractivity contribution in [2.75, 3.05) is 0 Å². The van der Waals surface area contributed by atoms with E-state index in [1.54, 1.807) is 0 Å². The predicted molar refractivity (Wildman–Crippen MR) is 217 cm³/mol. The van der Waals surface area contributed by atoms with Crippen molar-refractivity contribution in [1.29, 1.82) is 0 Å². The van der Waals surface area contributed by atoms with Gasteiger partial charge in [-0.15, -0.1) is 18.5 Å². The summed E-state index contributed by atoms with van der Waals surface area (Å²) in [4.78, 5) is 2.53. The Labute approximate surface area is 465 Å². The third-order valence-electron chi connectivity index (χ3n) is 7.53. The normalized spacial score (nSPS) is 10.7. The fourth-order valence-electron chi connectivity index (χ4n) is 5.26. The molecule has 2 unspecified atom stereocenters. The van der Waals surface area contributed by atoms with E-state index in [2.05, 4.69) is 73.7 Å². The SMILES string of the molecule is Cc1cc(C(F)(F)F)nc(C(F)(F)F)c1.Cc1cccc(P(Cl)Cl)c1-c1c(C)cccc1P(Cl)Cl.Cc1cccc(P)c1-c1c(C)cccc1P.[Ar].[Ar].[Ar].[Ar]. The van der Waals surface area contributed by atoms with Crippen molar-refractivity contribution in [1.82, 2.24) is 4.98 Å². The summed E-state index contributed by atoms with van der Waals surface area (Å²) in [6.45, 7) is 7.10. The van der Waals surface area contributed by atoms with E-state index in [9.17, 15) is 26.3 Å². The molecule has 0 fully saturated rings. The zero-order valence-electron chi connectivity index (χ0n) is 29.3. The van der Waals surface area contributed by atoms with Gasteiger partial charge in [-0.3, -0.25) is 0 Å². The summed E-state index contributed by atoms with van der Waals surface area (Å²) < 4.78 is 72.6. The number of hydrogen-bond acceptors (Lipinski definition) is 1. The third kappa shape index (κ3) is 17.9. The second kappa shape index (κ2) is 27.7. The van der Waals surface area contributed by atoms with Crippen LogP contribution in [0.15, 0.2) is 84.9 Å². The fourth-order valence-corrected chi connectivity index (χ4v) is 9.23. The van der Waals surface area contributed by atoms with Gasteiger partial charge in [0.25, 0.3) is 0 Å². The molecule has 19 heteroatoms. The number of hydrogen-bond donors (Lipinski definition) is 0. The average Bonchev–Trinajstić information content (AvgIpc) is 3.02. The largest absolute Gasteiger partial charge is 0.433 e. The van der Waals surface area contributed by atoms with Gasteiger partial charge in [0.05, 0.1) is 0 Å². The van der Waals surface area contributed by atoms with Crippen LogP contribution in [0.25, 0.3) is 22.3 Å². The Kier molecular flexibility index (Phi) is 30.5. The standard InChI is InChI=1S/C14H12Cl4P2.C14H16P2.C8H5F6N.4Ar/c1-9-5-3-7-11(19(15)16)13(9)14-10(2)6-4-8-12(14)20(17)18;1-9-5-3-7-11(15)13(9)14-10(2)6-4-8-12(14)16;1-4-2-5(7(9,10)11)15-6(3-4)8(12,13)14;;;;/h3-8H,1-2H3;3-8H,15-16H2,1-2H3;2-3H,1H3;;;;. The van der Waals surface area contributed by atoms with Crippen LogP contribution >= 0.6 is 76.7 Å². The zero-order valence-corrected chi connectivity index (χ0v) is 39.2. The summed E-state index contributed by atoms with van der Waals surface area (Å²) >= 11 is 24.7. The maximum atomic E-state index is 12.1. The molecule has 0 N–H and O–H groups in total. The summed E-state index contributed by atoms with van der Waals surface area (Å²) in [6.07, 6.45) is -9.74. The number of rotatable bonds is 4. The van der Waals surface area contributed by atoms with Crippen LogP contribution in [-0.4, -0.2) is 4.98 Å². The van der Waals surface area contributed by atoms with E-state index in [1.165, 1.54) is 32.9 Å². The smallest absolute Gasteiger partial charge is 0.239 e. The Morgan fingerprint density at radius 3 is 1.00 bits per heavy atom. The maximum absolute atomic E-state index is 12.1. The zero-order chi connectivity index (χ0) is 38.4. The molecule has 0 aliphatic rings. The van der Waals surface area contributed by atoms with Gasteiger partial charge in [0.15, 0.2) is 0 Å². The second-order valence-electron chi connectivity index (χ2n) is 11.4. The molecule has 304 valence electrons. The Hall–Kier alpha value is 3.53. The number of aryl methyl sites for hydroxylation is 5. The molecular weight excluding hydrogens is 986 g/mol. The van der Waals surface area contributed by atoms with Crippen molar-refractivity contribution in [3.05, 3.63) is 124 Å². The number of nitrogens with zero attached hydrogens (tertiary/aromatic N) is 1. The van der Waals surface area contributed by atoms with Crippen molar-refractivity contribution in [2.45, 2.75) is 47.0 Å². The third-order valence-corrected chi connectivity index (χ3v) is 12.1. The number of pyridine rings is 1. The maximum Gasteiger partial charge on any atom is 0.433 e. The molecule has 1 nitrogen and oxygen atoms in total. The van der Waals surface area contributed by atoms with E-state index in [0.717, 1.165) is 39.8 Å². The van der Waals surface area contributed by atoms with E-state index < -0.39 is 37.0 Å². The van der Waals surface area contributed by atoms with Gasteiger partial charge in [-0.05, 0) is 107 Å². The predicted octanol–water partition coefficient (Wildman–Crippen LogP) is 13.2. The topological polar surface area (TPSA) is 12.9 Å². The molecule has 1 aromatic heterocycles. The minimum atomic E-state index is -4.87. The molecule has 4 aromatic carbocycles. The summed E-state index contributed by atoms with van der Waals surface area (Å²) in [5, 5.41) is 4.42. The summed E-state index contributed by atoms with van der Waals surface area (Å²) in [7, 11) is 5.66. The minimum Gasteiger partial charge on any atom is -0.239 e.